The zero-order valence-corrected chi connectivity index (χ0v) is 11.1. The average molecular weight is 274 g/mol. The smallest absolute Gasteiger partial charge is 0.156 e. The molecule has 104 valence electrons. The summed E-state index contributed by atoms with van der Waals surface area (Å²) in [5.74, 6) is 0.179. The van der Waals surface area contributed by atoms with Crippen LogP contribution in [0.5, 0.6) is 11.5 Å². The van der Waals surface area contributed by atoms with E-state index in [2.05, 4.69) is 0 Å². The lowest BCUT2D eigenvalue weighted by molar-refractivity contribution is 0.111. The van der Waals surface area contributed by atoms with E-state index >= 15 is 0 Å². The van der Waals surface area contributed by atoms with Crippen molar-refractivity contribution in [3.05, 3.63) is 59.4 Å². The van der Waals surface area contributed by atoms with E-state index in [9.17, 15) is 9.18 Å². The lowest BCUT2D eigenvalue weighted by Crippen LogP contribution is -1.96. The lowest BCUT2D eigenvalue weighted by Gasteiger charge is -2.09. The van der Waals surface area contributed by atoms with E-state index < -0.39 is 5.82 Å². The minimum absolute atomic E-state index is 0.0732. The molecular weight excluding hydrogens is 259 g/mol. The Morgan fingerprint density at radius 1 is 1.15 bits per heavy atom. The Bertz CT molecular complexity index is 579. The quantitative estimate of drug-likeness (QED) is 0.755. The maximum Gasteiger partial charge on any atom is 0.156 e. The topological polar surface area (TPSA) is 35.5 Å². The second-order valence-corrected chi connectivity index (χ2v) is 4.26. The molecule has 0 saturated heterocycles. The van der Waals surface area contributed by atoms with Crippen LogP contribution in [0.1, 0.15) is 15.9 Å². The molecule has 0 spiro atoms. The fourth-order valence-corrected chi connectivity index (χ4v) is 1.79. The zero-order valence-electron chi connectivity index (χ0n) is 11.1. The van der Waals surface area contributed by atoms with Crippen LogP contribution >= 0.6 is 0 Å². The third-order valence-corrected chi connectivity index (χ3v) is 2.88. The molecule has 0 fully saturated rings. The average Bonchev–Trinajstić information content (AvgIpc) is 2.47. The summed E-state index contributed by atoms with van der Waals surface area (Å²) in [7, 11) is 1.66. The van der Waals surface area contributed by atoms with Gasteiger partial charge in [0.1, 0.15) is 17.3 Å². The minimum atomic E-state index is -0.589. The van der Waals surface area contributed by atoms with Gasteiger partial charge in [-0.3, -0.25) is 4.79 Å². The first-order valence-corrected chi connectivity index (χ1v) is 6.24. The molecule has 2 aromatic carbocycles. The molecular formula is C16H15FO3. The van der Waals surface area contributed by atoms with E-state index in [1.807, 2.05) is 12.1 Å². The van der Waals surface area contributed by atoms with Crippen molar-refractivity contribution >= 4 is 6.29 Å². The van der Waals surface area contributed by atoms with Crippen molar-refractivity contribution in [3.63, 3.8) is 0 Å². The second-order valence-electron chi connectivity index (χ2n) is 4.26. The van der Waals surface area contributed by atoms with E-state index in [1.54, 1.807) is 25.3 Å². The highest BCUT2D eigenvalue weighted by Gasteiger charge is 2.09. The van der Waals surface area contributed by atoms with Crippen LogP contribution in [0.2, 0.25) is 0 Å². The van der Waals surface area contributed by atoms with Gasteiger partial charge in [-0.1, -0.05) is 18.2 Å². The largest absolute Gasteiger partial charge is 0.457 e. The Balaban J connectivity index is 2.14. The van der Waals surface area contributed by atoms with Crippen molar-refractivity contribution in [2.45, 2.75) is 6.42 Å². The number of rotatable bonds is 6. The Kier molecular flexibility index (Phi) is 4.85. The van der Waals surface area contributed by atoms with Gasteiger partial charge in [-0.15, -0.1) is 0 Å². The van der Waals surface area contributed by atoms with E-state index in [1.165, 1.54) is 12.1 Å². The summed E-state index contributed by atoms with van der Waals surface area (Å²) >= 11 is 0. The number of methoxy groups -OCH3 is 1. The molecule has 0 N–H and O–H groups in total. The van der Waals surface area contributed by atoms with Gasteiger partial charge in [0.15, 0.2) is 6.29 Å². The molecule has 0 amide bonds. The van der Waals surface area contributed by atoms with Crippen LogP contribution in [-0.4, -0.2) is 20.0 Å². The van der Waals surface area contributed by atoms with Crippen molar-refractivity contribution in [1.82, 2.24) is 0 Å². The number of aldehydes is 1. The summed E-state index contributed by atoms with van der Waals surface area (Å²) in [6.45, 7) is 0.652. The molecule has 3 nitrogen and oxygen atoms in total. The first-order valence-electron chi connectivity index (χ1n) is 6.24. The molecule has 0 heterocycles. The third-order valence-electron chi connectivity index (χ3n) is 2.88. The fraction of sp³-hybridized carbons (Fsp3) is 0.188. The summed E-state index contributed by atoms with van der Waals surface area (Å²) in [6.07, 6.45) is 1.27. The van der Waals surface area contributed by atoms with Gasteiger partial charge in [-0.2, -0.15) is 0 Å². The van der Waals surface area contributed by atoms with E-state index in [0.717, 1.165) is 12.0 Å². The third kappa shape index (κ3) is 3.42. The summed E-state index contributed by atoms with van der Waals surface area (Å²) in [6, 6.07) is 11.7. The number of halogens is 1. The molecule has 0 saturated carbocycles. The van der Waals surface area contributed by atoms with Gasteiger partial charge in [0, 0.05) is 7.11 Å². The molecule has 2 aromatic rings. The maximum atomic E-state index is 13.4. The van der Waals surface area contributed by atoms with Crippen LogP contribution in [-0.2, 0) is 11.2 Å². The van der Waals surface area contributed by atoms with Crippen molar-refractivity contribution in [1.29, 1.82) is 0 Å². The second kappa shape index (κ2) is 6.82. The standard InChI is InChI=1S/C16H15FO3/c1-19-10-9-12-5-7-13(8-6-12)20-16-4-2-3-15(17)14(16)11-18/h2-8,11H,9-10H2,1H3. The van der Waals surface area contributed by atoms with Crippen LogP contribution < -0.4 is 4.74 Å². The molecule has 20 heavy (non-hydrogen) atoms. The van der Waals surface area contributed by atoms with Gasteiger partial charge in [-0.05, 0) is 36.2 Å². The Hall–Kier alpha value is -2.20. The molecule has 0 aromatic heterocycles. The molecule has 0 aliphatic carbocycles. The van der Waals surface area contributed by atoms with Gasteiger partial charge in [-0.25, -0.2) is 4.39 Å². The summed E-state index contributed by atoms with van der Waals surface area (Å²) in [4.78, 5) is 10.9. The number of benzene rings is 2. The van der Waals surface area contributed by atoms with Gasteiger partial charge < -0.3 is 9.47 Å². The molecule has 0 radical (unpaired) electrons. The summed E-state index contributed by atoms with van der Waals surface area (Å²) in [5, 5.41) is 0. The van der Waals surface area contributed by atoms with Crippen LogP contribution in [0, 0.1) is 5.82 Å². The highest BCUT2D eigenvalue weighted by atomic mass is 19.1. The van der Waals surface area contributed by atoms with Crippen molar-refractivity contribution in [2.75, 3.05) is 13.7 Å². The molecule has 0 aliphatic rings. The van der Waals surface area contributed by atoms with E-state index in [4.69, 9.17) is 9.47 Å². The van der Waals surface area contributed by atoms with Crippen LogP contribution in [0.4, 0.5) is 4.39 Å². The van der Waals surface area contributed by atoms with E-state index in [-0.39, 0.29) is 11.3 Å². The van der Waals surface area contributed by atoms with E-state index in [0.29, 0.717) is 18.6 Å². The number of hydrogen-bond donors (Lipinski definition) is 0. The Morgan fingerprint density at radius 3 is 2.55 bits per heavy atom. The van der Waals surface area contributed by atoms with Crippen molar-refractivity contribution in [2.24, 2.45) is 0 Å². The summed E-state index contributed by atoms with van der Waals surface area (Å²) < 4.78 is 24.0. The Labute approximate surface area is 117 Å². The molecule has 0 unspecified atom stereocenters. The predicted octanol–water partition coefficient (Wildman–Crippen LogP) is 3.62. The Morgan fingerprint density at radius 2 is 1.90 bits per heavy atom. The molecule has 0 bridgehead atoms. The first-order chi connectivity index (χ1) is 9.74. The summed E-state index contributed by atoms with van der Waals surface area (Å²) in [5.41, 5.74) is 1.05. The van der Waals surface area contributed by atoms with Crippen molar-refractivity contribution in [3.8, 4) is 11.5 Å². The van der Waals surface area contributed by atoms with Gasteiger partial charge in [0.05, 0.1) is 12.2 Å². The van der Waals surface area contributed by atoms with Crippen LogP contribution in [0.3, 0.4) is 0 Å². The lowest BCUT2D eigenvalue weighted by atomic mass is 10.1. The highest BCUT2D eigenvalue weighted by Crippen LogP contribution is 2.26. The minimum Gasteiger partial charge on any atom is -0.457 e. The predicted molar refractivity (Wildman–Crippen MR) is 73.9 cm³/mol. The maximum absolute atomic E-state index is 13.4. The number of ether oxygens (including phenoxy) is 2. The number of carbonyl (C=O) groups excluding carboxylic acids is 1. The highest BCUT2D eigenvalue weighted by molar-refractivity contribution is 5.79. The number of hydrogen-bond acceptors (Lipinski definition) is 3. The first kappa shape index (κ1) is 14.2. The van der Waals surface area contributed by atoms with Crippen LogP contribution in [0.25, 0.3) is 0 Å². The van der Waals surface area contributed by atoms with Crippen molar-refractivity contribution < 1.29 is 18.7 Å². The normalized spacial score (nSPS) is 10.3. The molecule has 0 atom stereocenters. The molecule has 0 aliphatic heterocycles. The molecule has 4 heteroatoms. The number of carbonyl (C=O) groups is 1. The molecule has 2 rings (SSSR count). The zero-order chi connectivity index (χ0) is 14.4. The van der Waals surface area contributed by atoms with Gasteiger partial charge >= 0.3 is 0 Å². The van der Waals surface area contributed by atoms with Gasteiger partial charge in [0.2, 0.25) is 0 Å². The van der Waals surface area contributed by atoms with Crippen LogP contribution in [0.15, 0.2) is 42.5 Å². The fourth-order valence-electron chi connectivity index (χ4n) is 1.79. The monoisotopic (exact) mass is 274 g/mol. The SMILES string of the molecule is COCCc1ccc(Oc2cccc(F)c2C=O)cc1. The van der Waals surface area contributed by atoms with Gasteiger partial charge in [0.25, 0.3) is 0 Å².